The van der Waals surface area contributed by atoms with E-state index in [0.29, 0.717) is 16.4 Å². The first-order valence-electron chi connectivity index (χ1n) is 9.26. The van der Waals surface area contributed by atoms with Crippen LogP contribution in [0.1, 0.15) is 32.3 Å². The average Bonchev–Trinajstić information content (AvgIpc) is 3.04. The van der Waals surface area contributed by atoms with E-state index >= 15 is 0 Å². The Labute approximate surface area is 177 Å². The van der Waals surface area contributed by atoms with Gasteiger partial charge in [-0.3, -0.25) is 14.4 Å². The van der Waals surface area contributed by atoms with Crippen LogP contribution in [0.4, 0.5) is 5.69 Å². The van der Waals surface area contributed by atoms with Crippen LogP contribution < -0.4 is 10.6 Å². The fraction of sp³-hybridized carbons (Fsp3) is 0.286. The maximum atomic E-state index is 12.8. The summed E-state index contributed by atoms with van der Waals surface area (Å²) >= 11 is 1.35. The highest BCUT2D eigenvalue weighted by molar-refractivity contribution is 7.20. The van der Waals surface area contributed by atoms with Crippen molar-refractivity contribution in [1.82, 2.24) is 15.3 Å². The second kappa shape index (κ2) is 9.00. The van der Waals surface area contributed by atoms with E-state index in [0.717, 1.165) is 27.0 Å². The van der Waals surface area contributed by atoms with Gasteiger partial charge in [0.2, 0.25) is 5.91 Å². The van der Waals surface area contributed by atoms with E-state index in [1.807, 2.05) is 20.8 Å². The third-order valence-electron chi connectivity index (χ3n) is 4.52. The number of esters is 1. The van der Waals surface area contributed by atoms with Crippen LogP contribution in [-0.4, -0.2) is 41.4 Å². The SMILES string of the molecule is COC(=O)CNC(=O)Cc1ccc(NC(=O)c2sc3nc(C)nc(C)c3c2C)cc1. The van der Waals surface area contributed by atoms with Gasteiger partial charge in [-0.1, -0.05) is 12.1 Å². The second-order valence-electron chi connectivity index (χ2n) is 6.77. The molecule has 0 unspecified atom stereocenters. The maximum absolute atomic E-state index is 12.8. The molecule has 0 aliphatic heterocycles. The molecule has 9 heteroatoms. The van der Waals surface area contributed by atoms with Crippen molar-refractivity contribution >= 4 is 45.0 Å². The summed E-state index contributed by atoms with van der Waals surface area (Å²) in [4.78, 5) is 45.9. The minimum Gasteiger partial charge on any atom is -0.468 e. The third kappa shape index (κ3) is 4.80. The second-order valence-corrected chi connectivity index (χ2v) is 7.77. The summed E-state index contributed by atoms with van der Waals surface area (Å²) in [7, 11) is 1.26. The molecule has 0 bridgehead atoms. The highest BCUT2D eigenvalue weighted by Crippen LogP contribution is 2.31. The quantitative estimate of drug-likeness (QED) is 0.587. The fourth-order valence-electron chi connectivity index (χ4n) is 3.07. The number of rotatable bonds is 6. The molecule has 2 amide bonds. The smallest absolute Gasteiger partial charge is 0.325 e. The molecule has 3 aromatic rings. The van der Waals surface area contributed by atoms with E-state index in [2.05, 4.69) is 25.3 Å². The summed E-state index contributed by atoms with van der Waals surface area (Å²) in [6.45, 7) is 5.48. The Kier molecular flexibility index (Phi) is 6.41. The number of fused-ring (bicyclic) bond motifs is 1. The van der Waals surface area contributed by atoms with Gasteiger partial charge in [-0.25, -0.2) is 9.97 Å². The molecule has 2 heterocycles. The molecule has 2 aromatic heterocycles. The highest BCUT2D eigenvalue weighted by atomic mass is 32.1. The van der Waals surface area contributed by atoms with E-state index in [9.17, 15) is 14.4 Å². The number of ether oxygens (including phenoxy) is 1. The molecule has 0 aliphatic rings. The number of anilines is 1. The number of amides is 2. The number of hydrogen-bond donors (Lipinski definition) is 2. The van der Waals surface area contributed by atoms with Gasteiger partial charge in [-0.05, 0) is 44.0 Å². The van der Waals surface area contributed by atoms with E-state index in [4.69, 9.17) is 0 Å². The summed E-state index contributed by atoms with van der Waals surface area (Å²) in [5.41, 5.74) is 3.10. The van der Waals surface area contributed by atoms with E-state index in [1.54, 1.807) is 24.3 Å². The number of carbonyl (C=O) groups excluding carboxylic acids is 3. The van der Waals surface area contributed by atoms with Gasteiger partial charge in [0, 0.05) is 16.8 Å². The molecule has 0 spiro atoms. The summed E-state index contributed by atoms with van der Waals surface area (Å²) < 4.78 is 4.48. The van der Waals surface area contributed by atoms with Gasteiger partial charge < -0.3 is 15.4 Å². The normalized spacial score (nSPS) is 10.7. The van der Waals surface area contributed by atoms with Crippen LogP contribution in [0.3, 0.4) is 0 Å². The first-order valence-corrected chi connectivity index (χ1v) is 10.1. The van der Waals surface area contributed by atoms with Crippen molar-refractivity contribution in [3.05, 3.63) is 51.8 Å². The number of thiophene rings is 1. The van der Waals surface area contributed by atoms with Crippen LogP contribution in [0.15, 0.2) is 24.3 Å². The van der Waals surface area contributed by atoms with Crippen LogP contribution in [-0.2, 0) is 20.7 Å². The molecule has 156 valence electrons. The number of hydrogen-bond acceptors (Lipinski definition) is 7. The molecule has 0 radical (unpaired) electrons. The summed E-state index contributed by atoms with van der Waals surface area (Å²) in [6, 6.07) is 6.98. The third-order valence-corrected chi connectivity index (χ3v) is 5.71. The van der Waals surface area contributed by atoms with Crippen LogP contribution in [0.2, 0.25) is 0 Å². The van der Waals surface area contributed by atoms with E-state index < -0.39 is 5.97 Å². The fourth-order valence-corrected chi connectivity index (χ4v) is 4.25. The van der Waals surface area contributed by atoms with Crippen LogP contribution >= 0.6 is 11.3 Å². The van der Waals surface area contributed by atoms with Crippen molar-refractivity contribution in [2.75, 3.05) is 19.0 Å². The molecule has 1 aromatic carbocycles. The van der Waals surface area contributed by atoms with Gasteiger partial charge >= 0.3 is 5.97 Å². The molecular formula is C21H22N4O4S. The van der Waals surface area contributed by atoms with Gasteiger partial charge in [0.25, 0.3) is 5.91 Å². The zero-order valence-corrected chi connectivity index (χ0v) is 18.0. The Hall–Kier alpha value is -3.33. The standard InChI is InChI=1S/C21H22N4O4S/c1-11-18-12(2)23-13(3)24-21(18)30-19(11)20(28)25-15-7-5-14(6-8-15)9-16(26)22-10-17(27)29-4/h5-8H,9-10H2,1-4H3,(H,22,26)(H,25,28). The Morgan fingerprint density at radius 3 is 2.43 bits per heavy atom. The number of nitrogens with zero attached hydrogens (tertiary/aromatic N) is 2. The van der Waals surface area contributed by atoms with Crippen LogP contribution in [0.25, 0.3) is 10.2 Å². The minimum atomic E-state index is -0.505. The number of nitrogens with one attached hydrogen (secondary N) is 2. The number of carbonyl (C=O) groups is 3. The zero-order valence-electron chi connectivity index (χ0n) is 17.2. The predicted molar refractivity (Wildman–Crippen MR) is 115 cm³/mol. The van der Waals surface area contributed by atoms with Gasteiger partial charge in [0.15, 0.2) is 0 Å². The highest BCUT2D eigenvalue weighted by Gasteiger charge is 2.19. The van der Waals surface area contributed by atoms with Crippen molar-refractivity contribution in [2.24, 2.45) is 0 Å². The minimum absolute atomic E-state index is 0.123. The molecule has 0 fully saturated rings. The Balaban J connectivity index is 1.67. The molecule has 30 heavy (non-hydrogen) atoms. The maximum Gasteiger partial charge on any atom is 0.325 e. The molecule has 0 atom stereocenters. The average molecular weight is 426 g/mol. The van der Waals surface area contributed by atoms with Crippen molar-refractivity contribution in [2.45, 2.75) is 27.2 Å². The van der Waals surface area contributed by atoms with Crippen molar-refractivity contribution in [1.29, 1.82) is 0 Å². The van der Waals surface area contributed by atoms with E-state index in [1.165, 1.54) is 18.4 Å². The number of benzene rings is 1. The molecule has 8 nitrogen and oxygen atoms in total. The van der Waals surface area contributed by atoms with Gasteiger partial charge in [0.1, 0.15) is 17.2 Å². The lowest BCUT2D eigenvalue weighted by Gasteiger charge is -2.07. The lowest BCUT2D eigenvalue weighted by Crippen LogP contribution is -2.31. The first-order chi connectivity index (χ1) is 14.3. The van der Waals surface area contributed by atoms with Crippen molar-refractivity contribution < 1.29 is 19.1 Å². The summed E-state index contributed by atoms with van der Waals surface area (Å²) in [5, 5.41) is 6.29. The molecule has 2 N–H and O–H groups in total. The predicted octanol–water partition coefficient (Wildman–Crippen LogP) is 2.70. The van der Waals surface area contributed by atoms with Crippen LogP contribution in [0, 0.1) is 20.8 Å². The largest absolute Gasteiger partial charge is 0.468 e. The van der Waals surface area contributed by atoms with Crippen molar-refractivity contribution in [3.8, 4) is 0 Å². The first kappa shape index (κ1) is 21.4. The number of methoxy groups -OCH3 is 1. The Morgan fingerprint density at radius 2 is 1.77 bits per heavy atom. The lowest BCUT2D eigenvalue weighted by atomic mass is 10.1. The van der Waals surface area contributed by atoms with Gasteiger partial charge in [-0.15, -0.1) is 11.3 Å². The number of aromatic nitrogens is 2. The molecule has 0 saturated heterocycles. The Bertz CT molecular complexity index is 1120. The molecular weight excluding hydrogens is 404 g/mol. The van der Waals surface area contributed by atoms with Gasteiger partial charge in [0.05, 0.1) is 18.4 Å². The topological polar surface area (TPSA) is 110 Å². The lowest BCUT2D eigenvalue weighted by molar-refractivity contribution is -0.141. The monoisotopic (exact) mass is 426 g/mol. The molecule has 0 saturated carbocycles. The Morgan fingerprint density at radius 1 is 1.07 bits per heavy atom. The zero-order chi connectivity index (χ0) is 21.8. The number of aryl methyl sites for hydroxylation is 3. The van der Waals surface area contributed by atoms with Crippen LogP contribution in [0.5, 0.6) is 0 Å². The van der Waals surface area contributed by atoms with E-state index in [-0.39, 0.29) is 24.8 Å². The van der Waals surface area contributed by atoms with Gasteiger partial charge in [-0.2, -0.15) is 0 Å². The summed E-state index contributed by atoms with van der Waals surface area (Å²) in [5.74, 6) is -0.324. The summed E-state index contributed by atoms with van der Waals surface area (Å²) in [6.07, 6.45) is 0.123. The molecule has 0 aliphatic carbocycles. The molecule has 3 rings (SSSR count). The van der Waals surface area contributed by atoms with Crippen molar-refractivity contribution in [3.63, 3.8) is 0 Å².